The van der Waals surface area contributed by atoms with Crippen LogP contribution in [0.2, 0.25) is 0 Å². The van der Waals surface area contributed by atoms with Crippen LogP contribution >= 0.6 is 0 Å². The molecule has 3 nitrogen and oxygen atoms in total. The Morgan fingerprint density at radius 1 is 0.615 bits per heavy atom. The molecule has 0 unspecified atom stereocenters. The van der Waals surface area contributed by atoms with Gasteiger partial charge in [0.25, 0.3) is 0 Å². The number of hydrogen-bond donors (Lipinski definition) is 1. The molecule has 0 spiro atoms. The van der Waals surface area contributed by atoms with Crippen molar-refractivity contribution in [2.45, 2.75) is 116 Å². The summed E-state index contributed by atoms with van der Waals surface area (Å²) < 4.78 is 0.838. The maximum absolute atomic E-state index is 10.7. The van der Waals surface area contributed by atoms with Crippen molar-refractivity contribution in [1.29, 1.82) is 0 Å². The maximum atomic E-state index is 10.7. The molecule has 0 aliphatic heterocycles. The van der Waals surface area contributed by atoms with Crippen LogP contribution in [0.5, 0.6) is 0 Å². The number of carboxylic acids is 1. The Kier molecular flexibility index (Phi) is 17.4. The molecule has 156 valence electrons. The van der Waals surface area contributed by atoms with Gasteiger partial charge in [-0.25, -0.2) is 0 Å². The highest BCUT2D eigenvalue weighted by Gasteiger charge is 2.15. The van der Waals surface area contributed by atoms with E-state index in [0.717, 1.165) is 17.6 Å². The third kappa shape index (κ3) is 19.8. The van der Waals surface area contributed by atoms with Crippen LogP contribution in [0.1, 0.15) is 116 Å². The molecule has 0 aliphatic rings. The predicted octanol–water partition coefficient (Wildman–Crippen LogP) is 6.80. The summed E-state index contributed by atoms with van der Waals surface area (Å²) in [5.74, 6) is -0.678. The SMILES string of the molecule is CCCCCCCCCCCCCCCCCC[N+](C)(C)CCC(=O)O. The van der Waals surface area contributed by atoms with Gasteiger partial charge in [-0.15, -0.1) is 0 Å². The summed E-state index contributed by atoms with van der Waals surface area (Å²) in [6.07, 6.45) is 22.6. The van der Waals surface area contributed by atoms with E-state index < -0.39 is 5.97 Å². The molecule has 1 N–H and O–H groups in total. The van der Waals surface area contributed by atoms with Crippen LogP contribution in [-0.2, 0) is 4.79 Å². The minimum atomic E-state index is -0.678. The zero-order chi connectivity index (χ0) is 19.5. The van der Waals surface area contributed by atoms with Crippen LogP contribution < -0.4 is 0 Å². The lowest BCUT2D eigenvalue weighted by Gasteiger charge is -2.29. The van der Waals surface area contributed by atoms with Gasteiger partial charge in [0.1, 0.15) is 0 Å². The van der Waals surface area contributed by atoms with Crippen molar-refractivity contribution in [3.8, 4) is 0 Å². The van der Waals surface area contributed by atoms with Crippen molar-refractivity contribution in [3.63, 3.8) is 0 Å². The largest absolute Gasteiger partial charge is 0.481 e. The summed E-state index contributed by atoms with van der Waals surface area (Å²) in [4.78, 5) is 10.7. The van der Waals surface area contributed by atoms with Crippen LogP contribution in [0.3, 0.4) is 0 Å². The van der Waals surface area contributed by atoms with Gasteiger partial charge in [-0.05, 0) is 12.8 Å². The van der Waals surface area contributed by atoms with E-state index in [1.807, 2.05) is 0 Å². The van der Waals surface area contributed by atoms with E-state index >= 15 is 0 Å². The van der Waals surface area contributed by atoms with Crippen molar-refractivity contribution in [1.82, 2.24) is 0 Å². The fraction of sp³-hybridized carbons (Fsp3) is 0.957. The number of hydrogen-bond acceptors (Lipinski definition) is 1. The fourth-order valence-electron chi connectivity index (χ4n) is 3.60. The number of rotatable bonds is 20. The number of aliphatic carboxylic acids is 1. The molecule has 0 atom stereocenters. The Labute approximate surface area is 164 Å². The minimum absolute atomic E-state index is 0.284. The van der Waals surface area contributed by atoms with E-state index in [4.69, 9.17) is 5.11 Å². The highest BCUT2D eigenvalue weighted by atomic mass is 16.4. The second kappa shape index (κ2) is 17.8. The second-order valence-electron chi connectivity index (χ2n) is 8.83. The topological polar surface area (TPSA) is 37.3 Å². The van der Waals surface area contributed by atoms with E-state index in [-0.39, 0.29) is 6.42 Å². The molecule has 26 heavy (non-hydrogen) atoms. The summed E-state index contributed by atoms with van der Waals surface area (Å²) >= 11 is 0. The summed E-state index contributed by atoms with van der Waals surface area (Å²) in [6.45, 7) is 4.13. The fourth-order valence-corrected chi connectivity index (χ4v) is 3.60. The minimum Gasteiger partial charge on any atom is -0.481 e. The lowest BCUT2D eigenvalue weighted by molar-refractivity contribution is -0.890. The first kappa shape index (κ1) is 25.4. The van der Waals surface area contributed by atoms with Crippen molar-refractivity contribution in [3.05, 3.63) is 0 Å². The standard InChI is InChI=1S/C23H47NO2/c1-4-5-6-7-8-9-10-11-12-13-14-15-16-17-18-19-21-24(2,3)22-20-23(25)26/h4-22H2,1-3H3/p+1. The van der Waals surface area contributed by atoms with Crippen molar-refractivity contribution in [2.24, 2.45) is 0 Å². The van der Waals surface area contributed by atoms with Crippen LogP contribution in [0, 0.1) is 0 Å². The first-order chi connectivity index (χ1) is 12.5. The first-order valence-corrected chi connectivity index (χ1v) is 11.5. The average molecular weight is 371 g/mol. The van der Waals surface area contributed by atoms with E-state index in [1.165, 1.54) is 103 Å². The van der Waals surface area contributed by atoms with Crippen molar-refractivity contribution in [2.75, 3.05) is 27.2 Å². The van der Waals surface area contributed by atoms with Gasteiger partial charge in [0, 0.05) is 0 Å². The number of nitrogens with zero attached hydrogens (tertiary/aromatic N) is 1. The molecule has 0 fully saturated rings. The molecule has 0 aromatic rings. The predicted molar refractivity (Wildman–Crippen MR) is 114 cm³/mol. The van der Waals surface area contributed by atoms with Gasteiger partial charge in [-0.3, -0.25) is 4.79 Å². The molecule has 0 bridgehead atoms. The van der Waals surface area contributed by atoms with Gasteiger partial charge >= 0.3 is 5.97 Å². The maximum Gasteiger partial charge on any atom is 0.309 e. The highest BCUT2D eigenvalue weighted by Crippen LogP contribution is 2.14. The van der Waals surface area contributed by atoms with Crippen LogP contribution in [0.25, 0.3) is 0 Å². The average Bonchev–Trinajstić information content (AvgIpc) is 2.60. The van der Waals surface area contributed by atoms with Gasteiger partial charge in [0.05, 0.1) is 33.6 Å². The Morgan fingerprint density at radius 3 is 1.31 bits per heavy atom. The molecule has 0 radical (unpaired) electrons. The number of carbonyl (C=O) groups is 1. The Morgan fingerprint density at radius 2 is 0.962 bits per heavy atom. The molecular formula is C23H48NO2+. The van der Waals surface area contributed by atoms with E-state index in [9.17, 15) is 4.79 Å². The third-order valence-electron chi connectivity index (χ3n) is 5.55. The van der Waals surface area contributed by atoms with Crippen molar-refractivity contribution >= 4 is 5.97 Å². The number of unbranched alkanes of at least 4 members (excludes halogenated alkanes) is 15. The van der Waals surface area contributed by atoms with Crippen LogP contribution in [-0.4, -0.2) is 42.7 Å². The molecule has 0 rings (SSSR count). The summed E-state index contributed by atoms with van der Waals surface area (Å²) in [5.41, 5.74) is 0. The van der Waals surface area contributed by atoms with E-state index in [1.54, 1.807) is 0 Å². The Bertz CT molecular complexity index is 315. The van der Waals surface area contributed by atoms with Gasteiger partial charge in [0.2, 0.25) is 0 Å². The van der Waals surface area contributed by atoms with Crippen LogP contribution in [0.4, 0.5) is 0 Å². The normalized spacial score (nSPS) is 11.8. The highest BCUT2D eigenvalue weighted by molar-refractivity contribution is 5.66. The molecule has 0 heterocycles. The Hall–Kier alpha value is -0.570. The van der Waals surface area contributed by atoms with Gasteiger partial charge < -0.3 is 9.59 Å². The molecule has 0 saturated heterocycles. The molecular weight excluding hydrogens is 322 g/mol. The smallest absolute Gasteiger partial charge is 0.309 e. The van der Waals surface area contributed by atoms with Gasteiger partial charge in [0.15, 0.2) is 0 Å². The Balaban J connectivity index is 3.21. The summed E-state index contributed by atoms with van der Waals surface area (Å²) in [6, 6.07) is 0. The van der Waals surface area contributed by atoms with Gasteiger partial charge in [-0.2, -0.15) is 0 Å². The molecule has 0 amide bonds. The number of quaternary nitrogens is 1. The number of carboxylic acid groups (broad SMARTS) is 1. The quantitative estimate of drug-likeness (QED) is 0.189. The molecule has 0 aromatic heterocycles. The van der Waals surface area contributed by atoms with E-state index in [2.05, 4.69) is 21.0 Å². The van der Waals surface area contributed by atoms with E-state index in [0.29, 0.717) is 0 Å². The lowest BCUT2D eigenvalue weighted by atomic mass is 10.0. The van der Waals surface area contributed by atoms with Gasteiger partial charge in [-0.1, -0.05) is 96.8 Å². The summed E-state index contributed by atoms with van der Waals surface area (Å²) in [5, 5.41) is 8.78. The summed E-state index contributed by atoms with van der Waals surface area (Å²) in [7, 11) is 4.29. The first-order valence-electron chi connectivity index (χ1n) is 11.5. The molecule has 0 aliphatic carbocycles. The lowest BCUT2D eigenvalue weighted by Crippen LogP contribution is -2.42. The molecule has 0 aromatic carbocycles. The monoisotopic (exact) mass is 370 g/mol. The van der Waals surface area contributed by atoms with Crippen molar-refractivity contribution < 1.29 is 14.4 Å². The second-order valence-corrected chi connectivity index (χ2v) is 8.83. The van der Waals surface area contributed by atoms with Crippen LogP contribution in [0.15, 0.2) is 0 Å². The molecule has 3 heteroatoms. The molecule has 0 saturated carbocycles. The zero-order valence-electron chi connectivity index (χ0n) is 18.2. The third-order valence-corrected chi connectivity index (χ3v) is 5.55. The zero-order valence-corrected chi connectivity index (χ0v) is 18.2.